The van der Waals surface area contributed by atoms with Gasteiger partial charge in [0.15, 0.2) is 11.9 Å². The number of carbonyl (C=O) groups excluding carboxylic acids is 4. The van der Waals surface area contributed by atoms with Crippen molar-refractivity contribution in [3.8, 4) is 0 Å². The summed E-state index contributed by atoms with van der Waals surface area (Å²) in [7, 11) is 0. The average molecular weight is 382 g/mol. The van der Waals surface area contributed by atoms with Crippen LogP contribution < -0.4 is 5.32 Å². The molecule has 7 heteroatoms. The zero-order chi connectivity index (χ0) is 20.6. The van der Waals surface area contributed by atoms with Gasteiger partial charge in [-0.15, -0.1) is 0 Å². The molecule has 2 N–H and O–H groups in total. The highest BCUT2D eigenvalue weighted by Gasteiger charge is 2.26. The lowest BCUT2D eigenvalue weighted by Crippen LogP contribution is -2.26. The molecule has 2 aromatic rings. The van der Waals surface area contributed by atoms with Crippen molar-refractivity contribution in [2.24, 2.45) is 0 Å². The number of esters is 1. The molecule has 146 valence electrons. The number of fused-ring (bicyclic) bond motifs is 1. The van der Waals surface area contributed by atoms with Crippen molar-refractivity contribution >= 4 is 29.1 Å². The number of aromatic nitrogens is 1. The van der Waals surface area contributed by atoms with E-state index in [-0.39, 0.29) is 17.4 Å². The lowest BCUT2D eigenvalue weighted by molar-refractivity contribution is -0.116. The number of aromatic amines is 1. The van der Waals surface area contributed by atoms with Crippen LogP contribution in [0.2, 0.25) is 0 Å². The Morgan fingerprint density at radius 2 is 1.86 bits per heavy atom. The van der Waals surface area contributed by atoms with Crippen LogP contribution in [0.5, 0.6) is 0 Å². The Morgan fingerprint density at radius 3 is 2.50 bits per heavy atom. The summed E-state index contributed by atoms with van der Waals surface area (Å²) in [5.41, 5.74) is 3.79. The molecule has 0 saturated heterocycles. The van der Waals surface area contributed by atoms with Crippen LogP contribution >= 0.6 is 0 Å². The maximum atomic E-state index is 12.7. The summed E-state index contributed by atoms with van der Waals surface area (Å²) in [6.07, 6.45) is -0.102. The quantitative estimate of drug-likeness (QED) is 0.610. The second kappa shape index (κ2) is 7.42. The topological polar surface area (TPSA) is 105 Å². The predicted octanol–water partition coefficient (Wildman–Crippen LogP) is 3.15. The number of carbonyl (C=O) groups is 4. The molecule has 1 aromatic heterocycles. The van der Waals surface area contributed by atoms with E-state index < -0.39 is 17.9 Å². The van der Waals surface area contributed by atoms with Gasteiger partial charge in [-0.25, -0.2) is 4.79 Å². The first-order chi connectivity index (χ1) is 13.2. The Balaban J connectivity index is 1.76. The fourth-order valence-electron chi connectivity index (χ4n) is 3.52. The zero-order valence-corrected chi connectivity index (χ0v) is 16.3. The summed E-state index contributed by atoms with van der Waals surface area (Å²) >= 11 is 0. The Hall–Kier alpha value is -3.22. The molecular weight excluding hydrogens is 360 g/mol. The average Bonchev–Trinajstić information content (AvgIpc) is 2.94. The molecule has 1 amide bonds. The molecule has 0 radical (unpaired) electrons. The molecule has 0 spiro atoms. The second-order valence-corrected chi connectivity index (χ2v) is 7.01. The maximum absolute atomic E-state index is 12.7. The van der Waals surface area contributed by atoms with E-state index in [9.17, 15) is 19.2 Å². The van der Waals surface area contributed by atoms with Crippen LogP contribution in [0.4, 0.5) is 5.69 Å². The summed E-state index contributed by atoms with van der Waals surface area (Å²) < 4.78 is 5.35. The van der Waals surface area contributed by atoms with Crippen molar-refractivity contribution in [3.05, 3.63) is 51.8 Å². The van der Waals surface area contributed by atoms with Crippen molar-refractivity contribution < 1.29 is 23.9 Å². The molecule has 1 aromatic carbocycles. The van der Waals surface area contributed by atoms with Gasteiger partial charge < -0.3 is 15.0 Å². The third kappa shape index (κ3) is 3.60. The summed E-state index contributed by atoms with van der Waals surface area (Å²) in [6, 6.07) is 4.89. The number of benzene rings is 1. The lowest BCUT2D eigenvalue weighted by Gasteiger charge is -2.18. The van der Waals surface area contributed by atoms with Gasteiger partial charge in [-0.05, 0) is 63.4 Å². The van der Waals surface area contributed by atoms with Gasteiger partial charge in [0.05, 0.1) is 11.3 Å². The lowest BCUT2D eigenvalue weighted by atomic mass is 10.0. The third-order valence-electron chi connectivity index (χ3n) is 4.93. The van der Waals surface area contributed by atoms with E-state index in [4.69, 9.17) is 4.74 Å². The van der Waals surface area contributed by atoms with Gasteiger partial charge in [-0.1, -0.05) is 0 Å². The van der Waals surface area contributed by atoms with E-state index in [0.717, 1.165) is 5.56 Å². The normalized spacial score (nSPS) is 14.1. The molecule has 3 rings (SSSR count). The van der Waals surface area contributed by atoms with Gasteiger partial charge in [0.2, 0.25) is 11.7 Å². The van der Waals surface area contributed by atoms with Gasteiger partial charge >= 0.3 is 5.97 Å². The van der Waals surface area contributed by atoms with Gasteiger partial charge in [-0.2, -0.15) is 0 Å². The number of nitrogens with one attached hydrogen (secondary N) is 2. The smallest absolute Gasteiger partial charge is 0.338 e. The molecule has 0 fully saturated rings. The Bertz CT molecular complexity index is 1000. The van der Waals surface area contributed by atoms with Crippen LogP contribution in [-0.2, 0) is 16.0 Å². The van der Waals surface area contributed by atoms with E-state index in [1.165, 1.54) is 13.8 Å². The Kier molecular flexibility index (Phi) is 5.18. The van der Waals surface area contributed by atoms with Crippen LogP contribution in [0.15, 0.2) is 18.2 Å². The van der Waals surface area contributed by atoms with Crippen LogP contribution in [0.25, 0.3) is 0 Å². The molecule has 2 heterocycles. The number of H-pyrrole nitrogens is 1. The van der Waals surface area contributed by atoms with Crippen molar-refractivity contribution in [2.75, 3.05) is 5.32 Å². The minimum absolute atomic E-state index is 0.0522. The standard InChI is InChI=1S/C21H22N2O5/c1-10-18(12(3)24)11(2)22-19(10)20(26)13(4)28-21(27)15-5-7-16-14(9-15)6-8-17(25)23-16/h5,7,9,13,22H,6,8H2,1-4H3,(H,23,25)/t13-/m0/s1. The Morgan fingerprint density at radius 1 is 1.14 bits per heavy atom. The van der Waals surface area contributed by atoms with E-state index >= 15 is 0 Å². The molecule has 0 bridgehead atoms. The zero-order valence-electron chi connectivity index (χ0n) is 16.3. The highest BCUT2D eigenvalue weighted by molar-refractivity contribution is 6.05. The number of hydrogen-bond acceptors (Lipinski definition) is 5. The SMILES string of the molecule is CC(=O)c1c(C)[nH]c(C(=O)[C@H](C)OC(=O)c2ccc3c(c2)CCC(=O)N3)c1C. The first kappa shape index (κ1) is 19.5. The Labute approximate surface area is 162 Å². The van der Waals surface area contributed by atoms with E-state index in [1.54, 1.807) is 32.0 Å². The van der Waals surface area contributed by atoms with Crippen LogP contribution in [-0.4, -0.2) is 34.5 Å². The number of amides is 1. The van der Waals surface area contributed by atoms with Crippen molar-refractivity contribution in [3.63, 3.8) is 0 Å². The van der Waals surface area contributed by atoms with Crippen LogP contribution in [0.1, 0.15) is 68.3 Å². The monoisotopic (exact) mass is 382 g/mol. The van der Waals surface area contributed by atoms with Gasteiger partial charge in [0.25, 0.3) is 0 Å². The molecule has 1 aliphatic rings. The van der Waals surface area contributed by atoms with E-state index in [2.05, 4.69) is 10.3 Å². The van der Waals surface area contributed by atoms with E-state index in [1.807, 2.05) is 0 Å². The van der Waals surface area contributed by atoms with Crippen molar-refractivity contribution in [1.82, 2.24) is 4.98 Å². The number of Topliss-reactive ketones (excluding diaryl/α,β-unsaturated/α-hetero) is 2. The highest BCUT2D eigenvalue weighted by atomic mass is 16.5. The fraction of sp³-hybridized carbons (Fsp3) is 0.333. The van der Waals surface area contributed by atoms with Gasteiger partial charge in [0.1, 0.15) is 0 Å². The first-order valence-electron chi connectivity index (χ1n) is 9.07. The summed E-state index contributed by atoms with van der Waals surface area (Å²) in [5, 5.41) is 2.75. The summed E-state index contributed by atoms with van der Waals surface area (Å²) in [5.74, 6) is -1.19. The van der Waals surface area contributed by atoms with E-state index in [0.29, 0.717) is 40.9 Å². The second-order valence-electron chi connectivity index (χ2n) is 7.01. The molecule has 1 aliphatic heterocycles. The molecule has 0 unspecified atom stereocenters. The number of rotatable bonds is 5. The third-order valence-corrected chi connectivity index (χ3v) is 4.93. The number of anilines is 1. The maximum Gasteiger partial charge on any atom is 0.338 e. The largest absolute Gasteiger partial charge is 0.451 e. The predicted molar refractivity (Wildman–Crippen MR) is 103 cm³/mol. The van der Waals surface area contributed by atoms with Crippen LogP contribution in [0.3, 0.4) is 0 Å². The highest BCUT2D eigenvalue weighted by Crippen LogP contribution is 2.25. The molecule has 7 nitrogen and oxygen atoms in total. The molecule has 1 atom stereocenters. The minimum Gasteiger partial charge on any atom is -0.451 e. The van der Waals surface area contributed by atoms with Crippen molar-refractivity contribution in [1.29, 1.82) is 0 Å². The van der Waals surface area contributed by atoms with Gasteiger partial charge in [0, 0.05) is 23.4 Å². The number of aryl methyl sites for hydroxylation is 2. The molecule has 0 saturated carbocycles. The van der Waals surface area contributed by atoms with Gasteiger partial charge in [-0.3, -0.25) is 14.4 Å². The summed E-state index contributed by atoms with van der Waals surface area (Å²) in [4.78, 5) is 51.3. The molecular formula is C21H22N2O5. The minimum atomic E-state index is -1.01. The number of ketones is 2. The number of hydrogen-bond donors (Lipinski definition) is 2. The van der Waals surface area contributed by atoms with Crippen molar-refractivity contribution in [2.45, 2.75) is 46.6 Å². The summed E-state index contributed by atoms with van der Waals surface area (Å²) in [6.45, 7) is 6.37. The molecule has 0 aliphatic carbocycles. The number of ether oxygens (including phenoxy) is 1. The molecule has 28 heavy (non-hydrogen) atoms. The van der Waals surface area contributed by atoms with Crippen LogP contribution in [0, 0.1) is 13.8 Å². The first-order valence-corrected chi connectivity index (χ1v) is 9.07. The fourth-order valence-corrected chi connectivity index (χ4v) is 3.52.